The molecule has 0 bridgehead atoms. The Morgan fingerprint density at radius 2 is 1.64 bits per heavy atom. The first kappa shape index (κ1) is 17.7. The lowest BCUT2D eigenvalue weighted by Crippen LogP contribution is -2.32. The highest BCUT2D eigenvalue weighted by atomic mass is 79.9. The summed E-state index contributed by atoms with van der Waals surface area (Å²) >= 11 is 3.37. The average Bonchev–Trinajstić information content (AvgIpc) is 2.91. The van der Waals surface area contributed by atoms with Gasteiger partial charge in [-0.3, -0.25) is 9.59 Å². The molecule has 0 saturated carbocycles. The van der Waals surface area contributed by atoms with Crippen molar-refractivity contribution in [2.24, 2.45) is 0 Å². The van der Waals surface area contributed by atoms with Gasteiger partial charge in [0.1, 0.15) is 0 Å². The minimum atomic E-state index is -0.225. The molecule has 3 rings (SSSR count). The summed E-state index contributed by atoms with van der Waals surface area (Å²) in [5, 5.41) is 2.88. The standard InChI is InChI=1S/C20H21BrN2O2/c21-16-9-7-8-15(14-16)19(24)22-18-11-4-3-10-17(18)20(25)23-12-5-1-2-6-13-23/h3-4,7-11,14H,1-2,5-6,12-13H2,(H,22,24). The van der Waals surface area contributed by atoms with E-state index in [0.717, 1.165) is 30.4 Å². The van der Waals surface area contributed by atoms with Gasteiger partial charge in [0, 0.05) is 23.1 Å². The lowest BCUT2D eigenvalue weighted by molar-refractivity contribution is 0.0762. The molecular weight excluding hydrogens is 380 g/mol. The van der Waals surface area contributed by atoms with E-state index < -0.39 is 0 Å². The first-order chi connectivity index (χ1) is 12.1. The smallest absolute Gasteiger partial charge is 0.255 e. The Morgan fingerprint density at radius 3 is 2.36 bits per heavy atom. The second-order valence-electron chi connectivity index (χ2n) is 6.22. The Morgan fingerprint density at radius 1 is 0.920 bits per heavy atom. The van der Waals surface area contributed by atoms with Crippen LogP contribution in [0.25, 0.3) is 0 Å². The van der Waals surface area contributed by atoms with Crippen LogP contribution in [0.5, 0.6) is 0 Å². The zero-order valence-corrected chi connectivity index (χ0v) is 15.6. The van der Waals surface area contributed by atoms with Crippen LogP contribution in [0.2, 0.25) is 0 Å². The molecule has 0 unspecified atom stereocenters. The predicted molar refractivity (Wildman–Crippen MR) is 103 cm³/mol. The highest BCUT2D eigenvalue weighted by Gasteiger charge is 2.20. The van der Waals surface area contributed by atoms with Crippen LogP contribution in [-0.2, 0) is 0 Å². The number of amides is 2. The van der Waals surface area contributed by atoms with Crippen LogP contribution in [0.1, 0.15) is 46.4 Å². The van der Waals surface area contributed by atoms with E-state index in [0.29, 0.717) is 16.8 Å². The molecule has 2 aromatic carbocycles. The molecule has 1 saturated heterocycles. The highest BCUT2D eigenvalue weighted by molar-refractivity contribution is 9.10. The first-order valence-electron chi connectivity index (χ1n) is 8.60. The second-order valence-corrected chi connectivity index (χ2v) is 7.13. The number of para-hydroxylation sites is 1. The van der Waals surface area contributed by atoms with Crippen molar-refractivity contribution in [1.29, 1.82) is 0 Å². The highest BCUT2D eigenvalue weighted by Crippen LogP contribution is 2.21. The van der Waals surface area contributed by atoms with Crippen LogP contribution in [0.3, 0.4) is 0 Å². The maximum atomic E-state index is 12.9. The van der Waals surface area contributed by atoms with Crippen molar-refractivity contribution >= 4 is 33.4 Å². The number of hydrogen-bond acceptors (Lipinski definition) is 2. The van der Waals surface area contributed by atoms with Crippen molar-refractivity contribution < 1.29 is 9.59 Å². The molecule has 1 fully saturated rings. The molecule has 2 amide bonds. The molecule has 0 atom stereocenters. The van der Waals surface area contributed by atoms with E-state index in [1.54, 1.807) is 24.3 Å². The van der Waals surface area contributed by atoms with E-state index in [1.807, 2.05) is 29.2 Å². The number of hydrogen-bond donors (Lipinski definition) is 1. The minimum Gasteiger partial charge on any atom is -0.339 e. The van der Waals surface area contributed by atoms with Crippen LogP contribution in [-0.4, -0.2) is 29.8 Å². The Bertz CT molecular complexity index is 768. The predicted octanol–water partition coefficient (Wildman–Crippen LogP) is 4.72. The van der Waals surface area contributed by atoms with Crippen LogP contribution in [0.15, 0.2) is 53.0 Å². The van der Waals surface area contributed by atoms with E-state index in [2.05, 4.69) is 21.2 Å². The Hall–Kier alpha value is -2.14. The zero-order valence-electron chi connectivity index (χ0n) is 14.0. The lowest BCUT2D eigenvalue weighted by atomic mass is 10.1. The molecule has 1 N–H and O–H groups in total. The van der Waals surface area contributed by atoms with Crippen molar-refractivity contribution in [3.8, 4) is 0 Å². The summed E-state index contributed by atoms with van der Waals surface area (Å²) < 4.78 is 0.842. The van der Waals surface area contributed by atoms with Crippen LogP contribution in [0, 0.1) is 0 Å². The normalized spacial score (nSPS) is 14.7. The number of anilines is 1. The third-order valence-corrected chi connectivity index (χ3v) is 4.88. The number of rotatable bonds is 3. The summed E-state index contributed by atoms with van der Waals surface area (Å²) in [6.45, 7) is 1.57. The van der Waals surface area contributed by atoms with Gasteiger partial charge in [0.15, 0.2) is 0 Å². The zero-order chi connectivity index (χ0) is 17.6. The van der Waals surface area contributed by atoms with Gasteiger partial charge >= 0.3 is 0 Å². The Labute approximate surface area is 156 Å². The molecule has 1 aliphatic rings. The monoisotopic (exact) mass is 400 g/mol. The molecular formula is C20H21BrN2O2. The largest absolute Gasteiger partial charge is 0.339 e. The second kappa shape index (κ2) is 8.30. The Balaban J connectivity index is 1.80. The van der Waals surface area contributed by atoms with E-state index in [9.17, 15) is 9.59 Å². The number of benzene rings is 2. The molecule has 0 aromatic heterocycles. The quantitative estimate of drug-likeness (QED) is 0.809. The van der Waals surface area contributed by atoms with Crippen molar-refractivity contribution in [3.63, 3.8) is 0 Å². The van der Waals surface area contributed by atoms with Crippen LogP contribution < -0.4 is 5.32 Å². The van der Waals surface area contributed by atoms with Crippen molar-refractivity contribution in [1.82, 2.24) is 4.90 Å². The van der Waals surface area contributed by atoms with Gasteiger partial charge in [0.25, 0.3) is 11.8 Å². The Kier molecular flexibility index (Phi) is 5.87. The van der Waals surface area contributed by atoms with Gasteiger partial charge in [-0.15, -0.1) is 0 Å². The fourth-order valence-electron chi connectivity index (χ4n) is 3.05. The van der Waals surface area contributed by atoms with Gasteiger partial charge in [-0.05, 0) is 43.2 Å². The number of likely N-dealkylation sites (tertiary alicyclic amines) is 1. The SMILES string of the molecule is O=C(Nc1ccccc1C(=O)N1CCCCCC1)c1cccc(Br)c1. The topological polar surface area (TPSA) is 49.4 Å². The van der Waals surface area contributed by atoms with Gasteiger partial charge in [0.05, 0.1) is 11.3 Å². The summed E-state index contributed by atoms with van der Waals surface area (Å²) in [5.41, 5.74) is 1.65. The van der Waals surface area contributed by atoms with Crippen molar-refractivity contribution in [2.45, 2.75) is 25.7 Å². The number of halogens is 1. The maximum Gasteiger partial charge on any atom is 0.255 e. The van der Waals surface area contributed by atoms with E-state index in [-0.39, 0.29) is 11.8 Å². The van der Waals surface area contributed by atoms with Crippen LogP contribution >= 0.6 is 15.9 Å². The maximum absolute atomic E-state index is 12.9. The third-order valence-electron chi connectivity index (χ3n) is 4.39. The molecule has 2 aromatic rings. The number of carbonyl (C=O) groups is 2. The summed E-state index contributed by atoms with van der Waals surface area (Å²) in [6.07, 6.45) is 4.42. The average molecular weight is 401 g/mol. The first-order valence-corrected chi connectivity index (χ1v) is 9.40. The van der Waals surface area contributed by atoms with Crippen molar-refractivity contribution in [2.75, 3.05) is 18.4 Å². The van der Waals surface area contributed by atoms with E-state index >= 15 is 0 Å². The molecule has 4 nitrogen and oxygen atoms in total. The summed E-state index contributed by atoms with van der Waals surface area (Å²) in [6, 6.07) is 14.4. The van der Waals surface area contributed by atoms with Gasteiger partial charge in [-0.25, -0.2) is 0 Å². The fraction of sp³-hybridized carbons (Fsp3) is 0.300. The summed E-state index contributed by atoms with van der Waals surface area (Å²) in [7, 11) is 0. The lowest BCUT2D eigenvalue weighted by Gasteiger charge is -2.22. The summed E-state index contributed by atoms with van der Waals surface area (Å²) in [5.74, 6) is -0.232. The van der Waals surface area contributed by atoms with E-state index in [4.69, 9.17) is 0 Å². The summed E-state index contributed by atoms with van der Waals surface area (Å²) in [4.78, 5) is 27.3. The van der Waals surface area contributed by atoms with Crippen molar-refractivity contribution in [3.05, 3.63) is 64.1 Å². The molecule has 0 aliphatic carbocycles. The van der Waals surface area contributed by atoms with Gasteiger partial charge in [-0.1, -0.05) is 47.0 Å². The number of nitrogens with zero attached hydrogens (tertiary/aromatic N) is 1. The molecule has 0 spiro atoms. The molecule has 5 heteroatoms. The van der Waals surface area contributed by atoms with Crippen LogP contribution in [0.4, 0.5) is 5.69 Å². The molecule has 1 heterocycles. The van der Waals surface area contributed by atoms with E-state index in [1.165, 1.54) is 12.8 Å². The molecule has 25 heavy (non-hydrogen) atoms. The van der Waals surface area contributed by atoms with Gasteiger partial charge < -0.3 is 10.2 Å². The van der Waals surface area contributed by atoms with Gasteiger partial charge in [0.2, 0.25) is 0 Å². The van der Waals surface area contributed by atoms with Gasteiger partial charge in [-0.2, -0.15) is 0 Å². The number of carbonyl (C=O) groups excluding carboxylic acids is 2. The molecule has 130 valence electrons. The molecule has 0 radical (unpaired) electrons. The minimum absolute atomic E-state index is 0.00737. The fourth-order valence-corrected chi connectivity index (χ4v) is 3.45. The molecule has 1 aliphatic heterocycles. The number of nitrogens with one attached hydrogen (secondary N) is 1. The third kappa shape index (κ3) is 4.48.